The van der Waals surface area contributed by atoms with Crippen LogP contribution in [0.3, 0.4) is 0 Å². The normalized spacial score (nSPS) is 11.5. The molecule has 0 radical (unpaired) electrons. The van der Waals surface area contributed by atoms with Gasteiger partial charge in [-0.05, 0) is 36.0 Å². The number of nitrogens with one attached hydrogen (secondary N) is 1. The molecule has 0 atom stereocenters. The minimum absolute atomic E-state index is 0.0539. The van der Waals surface area contributed by atoms with E-state index >= 15 is 0 Å². The van der Waals surface area contributed by atoms with Crippen molar-refractivity contribution in [2.75, 3.05) is 5.32 Å². The van der Waals surface area contributed by atoms with E-state index in [2.05, 4.69) is 5.32 Å². The van der Waals surface area contributed by atoms with Crippen molar-refractivity contribution in [1.82, 2.24) is 0 Å². The Kier molecular flexibility index (Phi) is 4.72. The van der Waals surface area contributed by atoms with Crippen LogP contribution < -0.4 is 5.32 Å². The number of rotatable bonds is 4. The van der Waals surface area contributed by atoms with Gasteiger partial charge in [0.25, 0.3) is 0 Å². The molecule has 2 rings (SSSR count). The molecule has 0 bridgehead atoms. The van der Waals surface area contributed by atoms with Crippen LogP contribution in [-0.2, 0) is 6.54 Å². The van der Waals surface area contributed by atoms with Gasteiger partial charge in [-0.15, -0.1) is 0 Å². The third-order valence-electron chi connectivity index (χ3n) is 2.63. The van der Waals surface area contributed by atoms with Gasteiger partial charge in [0, 0.05) is 22.7 Å². The predicted molar refractivity (Wildman–Crippen MR) is 72.0 cm³/mol. The Bertz CT molecular complexity index is 607. The molecule has 2 aromatic rings. The average Bonchev–Trinajstić information content (AvgIpc) is 2.38. The Morgan fingerprint density at radius 2 is 1.52 bits per heavy atom. The Labute approximate surface area is 122 Å². The SMILES string of the molecule is Fc1cccc(F)c1CNc1ccccc1SC(F)(F)F. The lowest BCUT2D eigenvalue weighted by Crippen LogP contribution is -2.06. The van der Waals surface area contributed by atoms with Gasteiger partial charge in [-0.1, -0.05) is 18.2 Å². The lowest BCUT2D eigenvalue weighted by atomic mass is 10.2. The van der Waals surface area contributed by atoms with Crippen LogP contribution in [0, 0.1) is 11.6 Å². The number of hydrogen-bond donors (Lipinski definition) is 1. The maximum atomic E-state index is 13.5. The fourth-order valence-electron chi connectivity index (χ4n) is 1.71. The van der Waals surface area contributed by atoms with E-state index < -0.39 is 17.1 Å². The highest BCUT2D eigenvalue weighted by Crippen LogP contribution is 2.40. The van der Waals surface area contributed by atoms with E-state index in [1.54, 1.807) is 6.07 Å². The molecule has 0 aromatic heterocycles. The van der Waals surface area contributed by atoms with Crippen molar-refractivity contribution in [2.24, 2.45) is 0 Å². The van der Waals surface area contributed by atoms with Crippen LogP contribution in [0.1, 0.15) is 5.56 Å². The molecular weight excluding hydrogens is 309 g/mol. The second-order valence-corrected chi connectivity index (χ2v) is 5.20. The molecule has 0 spiro atoms. The highest BCUT2D eigenvalue weighted by molar-refractivity contribution is 8.00. The second-order valence-electron chi connectivity index (χ2n) is 4.10. The predicted octanol–water partition coefficient (Wildman–Crippen LogP) is 5.19. The molecule has 0 aliphatic carbocycles. The van der Waals surface area contributed by atoms with Crippen molar-refractivity contribution in [2.45, 2.75) is 16.9 Å². The summed E-state index contributed by atoms with van der Waals surface area (Å²) in [5, 5.41) is 2.63. The Hall–Kier alpha value is -1.76. The Balaban J connectivity index is 2.17. The zero-order valence-electron chi connectivity index (χ0n) is 10.5. The van der Waals surface area contributed by atoms with Gasteiger partial charge >= 0.3 is 5.51 Å². The van der Waals surface area contributed by atoms with Crippen LogP contribution in [0.4, 0.5) is 27.6 Å². The lowest BCUT2D eigenvalue weighted by Gasteiger charge is -2.13. The van der Waals surface area contributed by atoms with Crippen molar-refractivity contribution >= 4 is 17.4 Å². The summed E-state index contributed by atoms with van der Waals surface area (Å²) in [5.74, 6) is -1.49. The van der Waals surface area contributed by atoms with Gasteiger partial charge in [0.2, 0.25) is 0 Å². The summed E-state index contributed by atoms with van der Waals surface area (Å²) in [5.41, 5.74) is -4.48. The summed E-state index contributed by atoms with van der Waals surface area (Å²) in [4.78, 5) is -0.0539. The number of anilines is 1. The standard InChI is InChI=1S/C14H10F5NS/c15-10-4-3-5-11(16)9(10)8-20-12-6-1-2-7-13(12)21-14(17,18)19/h1-7,20H,8H2. The number of benzene rings is 2. The molecule has 0 saturated heterocycles. The first-order valence-corrected chi connectivity index (χ1v) is 6.70. The Morgan fingerprint density at radius 1 is 0.905 bits per heavy atom. The number of hydrogen-bond acceptors (Lipinski definition) is 2. The first-order chi connectivity index (χ1) is 9.87. The lowest BCUT2D eigenvalue weighted by molar-refractivity contribution is -0.0327. The monoisotopic (exact) mass is 319 g/mol. The molecule has 0 heterocycles. The summed E-state index contributed by atoms with van der Waals surface area (Å²) in [7, 11) is 0. The van der Waals surface area contributed by atoms with E-state index in [0.29, 0.717) is 0 Å². The van der Waals surface area contributed by atoms with Gasteiger partial charge in [-0.2, -0.15) is 13.2 Å². The van der Waals surface area contributed by atoms with Gasteiger partial charge in [-0.3, -0.25) is 0 Å². The van der Waals surface area contributed by atoms with Crippen LogP contribution >= 0.6 is 11.8 Å². The molecule has 1 nitrogen and oxygen atoms in total. The third-order valence-corrected chi connectivity index (χ3v) is 3.44. The second kappa shape index (κ2) is 6.34. The molecule has 21 heavy (non-hydrogen) atoms. The van der Waals surface area contributed by atoms with E-state index in [9.17, 15) is 22.0 Å². The fourth-order valence-corrected chi connectivity index (χ4v) is 2.36. The van der Waals surface area contributed by atoms with Gasteiger partial charge in [0.15, 0.2) is 0 Å². The smallest absolute Gasteiger partial charge is 0.380 e. The van der Waals surface area contributed by atoms with Crippen molar-refractivity contribution in [3.8, 4) is 0 Å². The summed E-state index contributed by atoms with van der Waals surface area (Å²) < 4.78 is 64.2. The van der Waals surface area contributed by atoms with Crippen molar-refractivity contribution in [3.05, 3.63) is 59.7 Å². The summed E-state index contributed by atoms with van der Waals surface area (Å²) in [6.07, 6.45) is 0. The molecule has 0 unspecified atom stereocenters. The van der Waals surface area contributed by atoms with E-state index in [-0.39, 0.29) is 34.5 Å². The van der Waals surface area contributed by atoms with E-state index in [1.807, 2.05) is 0 Å². The molecule has 0 aliphatic heterocycles. The van der Waals surface area contributed by atoms with Gasteiger partial charge in [0.1, 0.15) is 11.6 Å². The molecule has 1 N–H and O–H groups in total. The molecule has 2 aromatic carbocycles. The fraction of sp³-hybridized carbons (Fsp3) is 0.143. The Morgan fingerprint density at radius 3 is 2.14 bits per heavy atom. The summed E-state index contributed by atoms with van der Waals surface area (Å²) >= 11 is -0.279. The highest BCUT2D eigenvalue weighted by atomic mass is 32.2. The quantitative estimate of drug-likeness (QED) is 0.615. The number of thioether (sulfide) groups is 1. The minimum Gasteiger partial charge on any atom is -0.380 e. The highest BCUT2D eigenvalue weighted by Gasteiger charge is 2.30. The maximum absolute atomic E-state index is 13.5. The van der Waals surface area contributed by atoms with Gasteiger partial charge < -0.3 is 5.32 Å². The van der Waals surface area contributed by atoms with Crippen LogP contribution in [0.5, 0.6) is 0 Å². The average molecular weight is 319 g/mol. The van der Waals surface area contributed by atoms with Crippen LogP contribution in [-0.4, -0.2) is 5.51 Å². The first-order valence-electron chi connectivity index (χ1n) is 5.88. The maximum Gasteiger partial charge on any atom is 0.446 e. The molecule has 0 amide bonds. The van der Waals surface area contributed by atoms with Gasteiger partial charge in [-0.25, -0.2) is 8.78 Å². The van der Waals surface area contributed by atoms with Crippen molar-refractivity contribution in [3.63, 3.8) is 0 Å². The van der Waals surface area contributed by atoms with Crippen LogP contribution in [0.2, 0.25) is 0 Å². The topological polar surface area (TPSA) is 12.0 Å². The van der Waals surface area contributed by atoms with Crippen LogP contribution in [0.15, 0.2) is 47.4 Å². The molecule has 7 heteroatoms. The number of para-hydroxylation sites is 1. The van der Waals surface area contributed by atoms with E-state index in [1.165, 1.54) is 24.3 Å². The minimum atomic E-state index is -4.43. The van der Waals surface area contributed by atoms with Gasteiger partial charge in [0.05, 0.1) is 0 Å². The third kappa shape index (κ3) is 4.35. The molecule has 112 valence electrons. The van der Waals surface area contributed by atoms with Crippen molar-refractivity contribution in [1.29, 1.82) is 0 Å². The summed E-state index contributed by atoms with van der Waals surface area (Å²) in [6.45, 7) is -0.242. The zero-order valence-corrected chi connectivity index (χ0v) is 11.4. The largest absolute Gasteiger partial charge is 0.446 e. The number of halogens is 5. The molecule has 0 aliphatic rings. The van der Waals surface area contributed by atoms with Crippen molar-refractivity contribution < 1.29 is 22.0 Å². The van der Waals surface area contributed by atoms with E-state index in [0.717, 1.165) is 12.1 Å². The number of alkyl halides is 3. The summed E-state index contributed by atoms with van der Waals surface area (Å²) in [6, 6.07) is 9.13. The molecule has 0 saturated carbocycles. The first kappa shape index (κ1) is 15.6. The molecule has 0 fully saturated rings. The van der Waals surface area contributed by atoms with Crippen LogP contribution in [0.25, 0.3) is 0 Å². The molecular formula is C14H10F5NS. The zero-order chi connectivity index (χ0) is 15.5. The van der Waals surface area contributed by atoms with E-state index in [4.69, 9.17) is 0 Å².